The molecule has 1 aromatic rings. The van der Waals surface area contributed by atoms with Gasteiger partial charge in [0, 0.05) is 0 Å². The van der Waals surface area contributed by atoms with Gasteiger partial charge in [-0.15, -0.1) is 0 Å². The monoisotopic (exact) mass is 270 g/mol. The summed E-state index contributed by atoms with van der Waals surface area (Å²) in [6.07, 6.45) is -0.383. The summed E-state index contributed by atoms with van der Waals surface area (Å²) < 4.78 is 0.692. The van der Waals surface area contributed by atoms with Gasteiger partial charge in [-0.3, -0.25) is 9.69 Å². The third-order valence-electron chi connectivity index (χ3n) is 2.40. The maximum absolute atomic E-state index is 11.6. The highest BCUT2D eigenvalue weighted by Crippen LogP contribution is 2.24. The Morgan fingerprint density at radius 3 is 2.93 bits per heavy atom. The summed E-state index contributed by atoms with van der Waals surface area (Å²) in [5.41, 5.74) is 0.931. The minimum absolute atomic E-state index is 0.0730. The number of halogens is 1. The zero-order chi connectivity index (χ0) is 11.0. The van der Waals surface area contributed by atoms with Gasteiger partial charge in [0.25, 0.3) is 0 Å². The first-order chi connectivity index (χ1) is 7.08. The van der Waals surface area contributed by atoms with E-state index in [1.165, 1.54) is 4.90 Å². The molecule has 1 fully saturated rings. The average molecular weight is 271 g/mol. The molecule has 0 bridgehead atoms. The number of pyridine rings is 1. The Labute approximate surface area is 96.1 Å². The predicted molar refractivity (Wildman–Crippen MR) is 59.7 cm³/mol. The average Bonchev–Trinajstić information content (AvgIpc) is 2.50. The van der Waals surface area contributed by atoms with Crippen molar-refractivity contribution in [2.24, 2.45) is 0 Å². The number of rotatable bonds is 1. The minimum Gasteiger partial charge on any atom is -0.391 e. The second-order valence-corrected chi connectivity index (χ2v) is 4.45. The third kappa shape index (κ3) is 2.03. The van der Waals surface area contributed by atoms with Crippen LogP contribution < -0.4 is 4.90 Å². The normalized spacial score (nSPS) is 21.1. The lowest BCUT2D eigenvalue weighted by molar-refractivity contribution is -0.117. The molecule has 1 aliphatic heterocycles. The van der Waals surface area contributed by atoms with Gasteiger partial charge in [-0.2, -0.15) is 0 Å². The van der Waals surface area contributed by atoms with Gasteiger partial charge in [0.1, 0.15) is 10.4 Å². The van der Waals surface area contributed by atoms with Crippen molar-refractivity contribution >= 4 is 27.7 Å². The number of hydrogen-bond donors (Lipinski definition) is 1. The van der Waals surface area contributed by atoms with E-state index in [0.29, 0.717) is 17.0 Å². The number of aryl methyl sites for hydroxylation is 1. The van der Waals surface area contributed by atoms with Gasteiger partial charge in [-0.05, 0) is 34.5 Å². The number of aliphatic hydroxyl groups is 1. The lowest BCUT2D eigenvalue weighted by Crippen LogP contribution is -2.27. The lowest BCUT2D eigenvalue weighted by atomic mass is 10.3. The molecule has 2 rings (SSSR count). The Hall–Kier alpha value is -0.940. The van der Waals surface area contributed by atoms with Crippen molar-refractivity contribution in [3.8, 4) is 0 Å². The van der Waals surface area contributed by atoms with E-state index in [1.807, 2.05) is 19.1 Å². The molecule has 1 amide bonds. The number of β-amino-alcohol motifs (C(OH)–C–C–N with tert-alkyl or cyclic N) is 1. The molecule has 2 heterocycles. The van der Waals surface area contributed by atoms with Gasteiger partial charge in [-0.25, -0.2) is 4.98 Å². The molecule has 1 N–H and O–H groups in total. The van der Waals surface area contributed by atoms with Crippen LogP contribution in [0.4, 0.5) is 5.82 Å². The largest absolute Gasteiger partial charge is 0.391 e. The molecule has 80 valence electrons. The minimum atomic E-state index is -0.572. The van der Waals surface area contributed by atoms with Crippen LogP contribution in [0.25, 0.3) is 0 Å². The number of nitrogens with zero attached hydrogens (tertiary/aromatic N) is 2. The highest BCUT2D eigenvalue weighted by atomic mass is 79.9. The number of anilines is 1. The Bertz CT molecular complexity index is 408. The number of carbonyl (C=O) groups is 1. The van der Waals surface area contributed by atoms with Gasteiger partial charge < -0.3 is 5.11 Å². The Balaban J connectivity index is 2.37. The molecule has 1 aromatic heterocycles. The molecule has 1 aliphatic rings. The highest BCUT2D eigenvalue weighted by Gasteiger charge is 2.30. The number of hydrogen-bond acceptors (Lipinski definition) is 3. The van der Waals surface area contributed by atoms with Crippen molar-refractivity contribution in [2.75, 3.05) is 11.4 Å². The van der Waals surface area contributed by atoms with Gasteiger partial charge in [-0.1, -0.05) is 6.07 Å². The number of aromatic nitrogens is 1. The van der Waals surface area contributed by atoms with Gasteiger partial charge in [0.05, 0.1) is 19.1 Å². The zero-order valence-electron chi connectivity index (χ0n) is 8.27. The van der Waals surface area contributed by atoms with Crippen molar-refractivity contribution in [1.29, 1.82) is 0 Å². The van der Waals surface area contributed by atoms with E-state index in [4.69, 9.17) is 0 Å². The second-order valence-electron chi connectivity index (χ2n) is 3.64. The molecule has 0 spiro atoms. The first-order valence-electron chi connectivity index (χ1n) is 4.69. The van der Waals surface area contributed by atoms with Crippen LogP contribution in [0.1, 0.15) is 12.0 Å². The van der Waals surface area contributed by atoms with Crippen molar-refractivity contribution < 1.29 is 9.90 Å². The van der Waals surface area contributed by atoms with Crippen LogP contribution in [-0.2, 0) is 4.79 Å². The SMILES string of the molecule is Cc1ccc(Br)nc1N1CC(O)CC1=O. The van der Waals surface area contributed by atoms with E-state index >= 15 is 0 Å². The fourth-order valence-electron chi connectivity index (χ4n) is 1.66. The summed E-state index contributed by atoms with van der Waals surface area (Å²) in [6.45, 7) is 2.23. The first kappa shape index (κ1) is 10.6. The topological polar surface area (TPSA) is 53.4 Å². The van der Waals surface area contributed by atoms with Crippen LogP contribution in [0, 0.1) is 6.92 Å². The van der Waals surface area contributed by atoms with Crippen LogP contribution in [-0.4, -0.2) is 28.6 Å². The van der Waals surface area contributed by atoms with E-state index in [1.54, 1.807) is 0 Å². The van der Waals surface area contributed by atoms with Crippen molar-refractivity contribution in [2.45, 2.75) is 19.4 Å². The van der Waals surface area contributed by atoms with Gasteiger partial charge >= 0.3 is 0 Å². The van der Waals surface area contributed by atoms with Crippen LogP contribution in [0.3, 0.4) is 0 Å². The number of carbonyl (C=O) groups excluding carboxylic acids is 1. The first-order valence-corrected chi connectivity index (χ1v) is 5.49. The molecule has 0 aromatic carbocycles. The molecule has 4 nitrogen and oxygen atoms in total. The van der Waals surface area contributed by atoms with Gasteiger partial charge in [0.15, 0.2) is 0 Å². The van der Waals surface area contributed by atoms with E-state index in [2.05, 4.69) is 20.9 Å². The molecule has 0 saturated carbocycles. The third-order valence-corrected chi connectivity index (χ3v) is 2.84. The Morgan fingerprint density at radius 2 is 2.33 bits per heavy atom. The van der Waals surface area contributed by atoms with E-state index in [9.17, 15) is 9.90 Å². The molecule has 5 heteroatoms. The van der Waals surface area contributed by atoms with Crippen molar-refractivity contribution in [1.82, 2.24) is 4.98 Å². The molecule has 15 heavy (non-hydrogen) atoms. The molecule has 1 atom stereocenters. The summed E-state index contributed by atoms with van der Waals surface area (Å²) in [5.74, 6) is 0.558. The number of aliphatic hydroxyl groups excluding tert-OH is 1. The molecular weight excluding hydrogens is 260 g/mol. The summed E-state index contributed by atoms with van der Waals surface area (Å²) in [7, 11) is 0. The standard InChI is InChI=1S/C10H11BrN2O2/c1-6-2-3-8(11)12-10(6)13-5-7(14)4-9(13)15/h2-3,7,14H,4-5H2,1H3. The summed E-state index contributed by atoms with van der Waals surface area (Å²) in [5, 5.41) is 9.39. The fraction of sp³-hybridized carbons (Fsp3) is 0.400. The Kier molecular flexibility index (Phi) is 2.75. The van der Waals surface area contributed by atoms with E-state index in [0.717, 1.165) is 5.56 Å². The van der Waals surface area contributed by atoms with Crippen LogP contribution in [0.15, 0.2) is 16.7 Å². The molecular formula is C10H11BrN2O2. The van der Waals surface area contributed by atoms with Crippen LogP contribution in [0.2, 0.25) is 0 Å². The van der Waals surface area contributed by atoms with E-state index < -0.39 is 6.10 Å². The summed E-state index contributed by atoms with van der Waals surface area (Å²) in [6, 6.07) is 3.72. The molecule has 1 unspecified atom stereocenters. The molecule has 1 saturated heterocycles. The fourth-order valence-corrected chi connectivity index (χ4v) is 1.96. The maximum Gasteiger partial charge on any atom is 0.230 e. The Morgan fingerprint density at radius 1 is 1.60 bits per heavy atom. The number of amides is 1. The lowest BCUT2D eigenvalue weighted by Gasteiger charge is -2.17. The smallest absolute Gasteiger partial charge is 0.230 e. The van der Waals surface area contributed by atoms with Crippen molar-refractivity contribution in [3.05, 3.63) is 22.3 Å². The quantitative estimate of drug-likeness (QED) is 0.782. The van der Waals surface area contributed by atoms with Crippen LogP contribution >= 0.6 is 15.9 Å². The zero-order valence-corrected chi connectivity index (χ0v) is 9.86. The molecule has 0 aliphatic carbocycles. The van der Waals surface area contributed by atoms with Crippen molar-refractivity contribution in [3.63, 3.8) is 0 Å². The van der Waals surface area contributed by atoms with Crippen LogP contribution in [0.5, 0.6) is 0 Å². The second kappa shape index (κ2) is 3.90. The highest BCUT2D eigenvalue weighted by molar-refractivity contribution is 9.10. The van der Waals surface area contributed by atoms with E-state index in [-0.39, 0.29) is 12.3 Å². The molecule has 0 radical (unpaired) electrons. The maximum atomic E-state index is 11.6. The summed E-state index contributed by atoms with van der Waals surface area (Å²) >= 11 is 3.27. The summed E-state index contributed by atoms with van der Waals surface area (Å²) in [4.78, 5) is 17.3. The predicted octanol–water partition coefficient (Wildman–Crippen LogP) is 1.25. The van der Waals surface area contributed by atoms with Gasteiger partial charge in [0.2, 0.25) is 5.91 Å².